The third-order valence-electron chi connectivity index (χ3n) is 5.50. The summed E-state index contributed by atoms with van der Waals surface area (Å²) in [7, 11) is 0. The van der Waals surface area contributed by atoms with Gasteiger partial charge >= 0.3 is 6.55 Å². The van der Waals surface area contributed by atoms with Crippen LogP contribution in [-0.4, -0.2) is 21.6 Å². The van der Waals surface area contributed by atoms with Crippen molar-refractivity contribution in [2.24, 2.45) is 11.8 Å². The van der Waals surface area contributed by atoms with Crippen LogP contribution in [0.2, 0.25) is 0 Å². The molecule has 28 heavy (non-hydrogen) atoms. The second kappa shape index (κ2) is 7.67. The monoisotopic (exact) mass is 389 g/mol. The van der Waals surface area contributed by atoms with Crippen molar-refractivity contribution in [3.05, 3.63) is 47.8 Å². The lowest BCUT2D eigenvalue weighted by Gasteiger charge is -2.41. The average molecular weight is 389 g/mol. The van der Waals surface area contributed by atoms with Gasteiger partial charge in [0.15, 0.2) is 5.69 Å². The van der Waals surface area contributed by atoms with Crippen LogP contribution in [0.3, 0.4) is 0 Å². The summed E-state index contributed by atoms with van der Waals surface area (Å²) in [6.45, 7) is -2.78. The Bertz CT molecular complexity index is 867. The van der Waals surface area contributed by atoms with E-state index in [-0.39, 0.29) is 29.5 Å². The van der Waals surface area contributed by atoms with E-state index in [1.807, 2.05) is 12.1 Å². The minimum Gasteiger partial charge on any atom is -0.321 e. The molecule has 3 N–H and O–H groups in total. The predicted octanol–water partition coefficient (Wildman–Crippen LogP) is 3.01. The molecule has 1 aromatic carbocycles. The summed E-state index contributed by atoms with van der Waals surface area (Å²) in [5.74, 6) is -0.207. The first kappa shape index (κ1) is 18.5. The maximum Gasteiger partial charge on any atom is 0.333 e. The summed E-state index contributed by atoms with van der Waals surface area (Å²) in [4.78, 5) is 24.3. The number of nitrogens with one attached hydrogen (secondary N) is 3. The van der Waals surface area contributed by atoms with Gasteiger partial charge in [-0.25, -0.2) is 10.1 Å². The number of alkyl halides is 2. The van der Waals surface area contributed by atoms with Crippen LogP contribution in [0.25, 0.3) is 0 Å². The fourth-order valence-corrected chi connectivity index (χ4v) is 4.10. The van der Waals surface area contributed by atoms with Gasteiger partial charge in [0.2, 0.25) is 5.91 Å². The topological polar surface area (TPSA) is 88.0 Å². The third-order valence-corrected chi connectivity index (χ3v) is 5.50. The normalized spacial score (nSPS) is 24.5. The number of carbonyl (C=O) groups is 2. The van der Waals surface area contributed by atoms with Crippen molar-refractivity contribution >= 4 is 17.5 Å². The van der Waals surface area contributed by atoms with Gasteiger partial charge < -0.3 is 5.32 Å². The fourth-order valence-electron chi connectivity index (χ4n) is 4.10. The van der Waals surface area contributed by atoms with Gasteiger partial charge in [-0.1, -0.05) is 25.0 Å². The highest BCUT2D eigenvalue weighted by atomic mass is 19.3. The predicted molar refractivity (Wildman–Crippen MR) is 97.3 cm³/mol. The molecule has 7 nitrogen and oxygen atoms in total. The molecule has 3 unspecified atom stereocenters. The average Bonchev–Trinajstić information content (AvgIpc) is 3.20. The van der Waals surface area contributed by atoms with E-state index in [1.165, 1.54) is 6.07 Å². The molecule has 2 aliphatic rings. The molecule has 0 bridgehead atoms. The van der Waals surface area contributed by atoms with Crippen LogP contribution >= 0.6 is 0 Å². The number of aromatic nitrogens is 2. The number of fused-ring (bicyclic) bond motifs is 1. The maximum atomic E-state index is 12.6. The van der Waals surface area contributed by atoms with Crippen molar-refractivity contribution in [3.63, 3.8) is 0 Å². The van der Waals surface area contributed by atoms with Crippen molar-refractivity contribution in [1.29, 1.82) is 0 Å². The minimum absolute atomic E-state index is 0.0227. The van der Waals surface area contributed by atoms with Crippen molar-refractivity contribution in [2.45, 2.75) is 38.3 Å². The molecule has 0 radical (unpaired) electrons. The Morgan fingerprint density at radius 3 is 2.64 bits per heavy atom. The minimum atomic E-state index is -2.78. The summed E-state index contributed by atoms with van der Waals surface area (Å²) in [5, 5.41) is 6.21. The van der Waals surface area contributed by atoms with Crippen LogP contribution < -0.4 is 16.2 Å². The molecule has 148 valence electrons. The van der Waals surface area contributed by atoms with Gasteiger partial charge in [0.1, 0.15) is 0 Å². The summed E-state index contributed by atoms with van der Waals surface area (Å²) >= 11 is 0. The lowest BCUT2D eigenvalue weighted by Crippen LogP contribution is -2.55. The Morgan fingerprint density at radius 1 is 1.18 bits per heavy atom. The number of hydrogen-bond acceptors (Lipinski definition) is 4. The lowest BCUT2D eigenvalue weighted by molar-refractivity contribution is -0.133. The van der Waals surface area contributed by atoms with Crippen LogP contribution in [0.15, 0.2) is 36.5 Å². The Kier molecular flexibility index (Phi) is 5.08. The molecule has 9 heteroatoms. The van der Waals surface area contributed by atoms with E-state index in [4.69, 9.17) is 0 Å². The van der Waals surface area contributed by atoms with Crippen molar-refractivity contribution < 1.29 is 18.4 Å². The highest BCUT2D eigenvalue weighted by Gasteiger charge is 2.40. The highest BCUT2D eigenvalue weighted by Crippen LogP contribution is 2.40. The fraction of sp³-hybridized carbons (Fsp3) is 0.421. The third kappa shape index (κ3) is 3.62. The molecule has 4 rings (SSSR count). The first-order chi connectivity index (χ1) is 13.5. The summed E-state index contributed by atoms with van der Waals surface area (Å²) in [6, 6.07) is 8.57. The Balaban J connectivity index is 1.44. The van der Waals surface area contributed by atoms with Crippen molar-refractivity contribution in [3.8, 4) is 0 Å². The number of anilines is 1. The van der Waals surface area contributed by atoms with Gasteiger partial charge in [0.05, 0.1) is 6.04 Å². The van der Waals surface area contributed by atoms with Crippen molar-refractivity contribution in [2.75, 3.05) is 5.32 Å². The number of hydrazine groups is 1. The molecular formula is C19H21F2N5O2. The maximum absolute atomic E-state index is 12.6. The molecule has 1 saturated carbocycles. The highest BCUT2D eigenvalue weighted by molar-refractivity contribution is 6.02. The number of rotatable bonds is 4. The van der Waals surface area contributed by atoms with E-state index < -0.39 is 12.5 Å². The molecule has 1 aliphatic carbocycles. The summed E-state index contributed by atoms with van der Waals surface area (Å²) in [5.41, 5.74) is 7.38. The second-order valence-corrected chi connectivity index (χ2v) is 7.20. The standard InChI is InChI=1S/C19H21F2N5O2/c20-19(21)26-10-9-15(25-26)18(28)22-12-7-5-11(6-8-12)16-13-3-1-2-4-14(13)17(27)24-23-16/h5-10,13-14,16,19,23H,1-4H2,(H,22,28)(H,24,27). The lowest BCUT2D eigenvalue weighted by atomic mass is 9.72. The number of halogens is 2. The largest absolute Gasteiger partial charge is 0.333 e. The molecular weight excluding hydrogens is 368 g/mol. The molecule has 2 fully saturated rings. The van der Waals surface area contributed by atoms with Crippen LogP contribution in [0.1, 0.15) is 54.3 Å². The van der Waals surface area contributed by atoms with Gasteiger partial charge in [-0.2, -0.15) is 13.9 Å². The number of hydrogen-bond donors (Lipinski definition) is 3. The quantitative estimate of drug-likeness (QED) is 0.750. The van der Waals surface area contributed by atoms with E-state index in [0.717, 1.165) is 37.4 Å². The van der Waals surface area contributed by atoms with Crippen LogP contribution in [0.5, 0.6) is 0 Å². The summed E-state index contributed by atoms with van der Waals surface area (Å²) in [6.07, 6.45) is 5.17. The van der Waals surface area contributed by atoms with E-state index in [0.29, 0.717) is 10.4 Å². The van der Waals surface area contributed by atoms with Gasteiger partial charge in [-0.15, -0.1) is 0 Å². The zero-order valence-corrected chi connectivity index (χ0v) is 15.1. The zero-order valence-electron chi connectivity index (χ0n) is 15.1. The Labute approximate surface area is 160 Å². The smallest absolute Gasteiger partial charge is 0.321 e. The SMILES string of the molecule is O=C(Nc1ccc(C2NNC(=O)C3CCCCC32)cc1)c1ccn(C(F)F)n1. The molecule has 1 aromatic heterocycles. The van der Waals surface area contributed by atoms with Gasteiger partial charge in [0.25, 0.3) is 5.91 Å². The van der Waals surface area contributed by atoms with Gasteiger partial charge in [0, 0.05) is 17.8 Å². The molecule has 0 spiro atoms. The molecule has 2 aromatic rings. The van der Waals surface area contributed by atoms with Gasteiger partial charge in [-0.3, -0.25) is 15.0 Å². The van der Waals surface area contributed by atoms with E-state index >= 15 is 0 Å². The molecule has 2 amide bonds. The Hall–Kier alpha value is -2.81. The first-order valence-corrected chi connectivity index (χ1v) is 9.33. The van der Waals surface area contributed by atoms with E-state index in [2.05, 4.69) is 21.3 Å². The first-order valence-electron chi connectivity index (χ1n) is 9.33. The molecule has 1 aliphatic heterocycles. The molecule has 1 saturated heterocycles. The number of amides is 2. The van der Waals surface area contributed by atoms with Crippen LogP contribution in [-0.2, 0) is 4.79 Å². The van der Waals surface area contributed by atoms with Crippen molar-refractivity contribution in [1.82, 2.24) is 20.6 Å². The second-order valence-electron chi connectivity index (χ2n) is 7.20. The number of nitrogens with zero attached hydrogens (tertiary/aromatic N) is 2. The number of benzene rings is 1. The Morgan fingerprint density at radius 2 is 1.93 bits per heavy atom. The van der Waals surface area contributed by atoms with Crippen LogP contribution in [0.4, 0.5) is 14.5 Å². The van der Waals surface area contributed by atoms with Gasteiger partial charge in [-0.05, 0) is 42.5 Å². The number of carbonyl (C=O) groups excluding carboxylic acids is 2. The van der Waals surface area contributed by atoms with E-state index in [9.17, 15) is 18.4 Å². The summed E-state index contributed by atoms with van der Waals surface area (Å²) < 4.78 is 25.6. The molecule has 3 atom stereocenters. The molecule has 2 heterocycles. The van der Waals surface area contributed by atoms with E-state index in [1.54, 1.807) is 12.1 Å². The zero-order chi connectivity index (χ0) is 19.7. The van der Waals surface area contributed by atoms with Crippen LogP contribution in [0, 0.1) is 11.8 Å².